The molecule has 0 saturated carbocycles. The van der Waals surface area contributed by atoms with E-state index in [-0.39, 0.29) is 12.3 Å². The largest absolute Gasteiger partial charge is 0.485 e. The summed E-state index contributed by atoms with van der Waals surface area (Å²) < 4.78 is 5.70. The number of carboxylic acids is 1. The van der Waals surface area contributed by atoms with Gasteiger partial charge in [0.15, 0.2) is 11.5 Å². The number of carboxylic acid groups (broad SMARTS) is 1. The summed E-state index contributed by atoms with van der Waals surface area (Å²) in [5.41, 5.74) is 1.03. The van der Waals surface area contributed by atoms with E-state index in [4.69, 9.17) is 9.84 Å². The Kier molecular flexibility index (Phi) is 4.71. The Bertz CT molecular complexity index is 644. The van der Waals surface area contributed by atoms with Crippen LogP contribution in [0.5, 0.6) is 5.75 Å². The van der Waals surface area contributed by atoms with Crippen LogP contribution in [0.15, 0.2) is 30.3 Å². The van der Waals surface area contributed by atoms with E-state index in [0.29, 0.717) is 11.6 Å². The lowest BCUT2D eigenvalue weighted by Crippen LogP contribution is -2.10. The van der Waals surface area contributed by atoms with Crippen LogP contribution < -0.4 is 10.1 Å². The Hall–Kier alpha value is -2.63. The van der Waals surface area contributed by atoms with Crippen molar-refractivity contribution >= 4 is 11.8 Å². The van der Waals surface area contributed by atoms with Crippen molar-refractivity contribution in [2.24, 2.45) is 0 Å². The van der Waals surface area contributed by atoms with Crippen molar-refractivity contribution in [3.05, 3.63) is 47.4 Å². The molecule has 0 radical (unpaired) electrons. The first-order valence-electron chi connectivity index (χ1n) is 6.63. The third-order valence-corrected chi connectivity index (χ3v) is 2.96. The SMILES string of the molecule is CCc1ccccc1OCc1nc(NC)cc(C(=O)O)n1. The van der Waals surface area contributed by atoms with E-state index in [0.717, 1.165) is 17.7 Å². The molecule has 0 bridgehead atoms. The molecule has 2 N–H and O–H groups in total. The number of hydrogen-bond donors (Lipinski definition) is 2. The molecule has 0 unspecified atom stereocenters. The minimum Gasteiger partial charge on any atom is -0.485 e. The average molecular weight is 287 g/mol. The van der Waals surface area contributed by atoms with Gasteiger partial charge in [0.2, 0.25) is 0 Å². The second-order valence-electron chi connectivity index (χ2n) is 4.36. The van der Waals surface area contributed by atoms with E-state index in [9.17, 15) is 4.79 Å². The number of nitrogens with one attached hydrogen (secondary N) is 1. The minimum absolute atomic E-state index is 0.0586. The Morgan fingerprint density at radius 1 is 1.33 bits per heavy atom. The van der Waals surface area contributed by atoms with Crippen molar-refractivity contribution in [3.8, 4) is 5.75 Å². The molecular weight excluding hydrogens is 270 g/mol. The highest BCUT2D eigenvalue weighted by atomic mass is 16.5. The molecule has 21 heavy (non-hydrogen) atoms. The Labute approximate surface area is 122 Å². The van der Waals surface area contributed by atoms with Crippen LogP contribution in [0, 0.1) is 0 Å². The number of nitrogens with zero attached hydrogens (tertiary/aromatic N) is 2. The summed E-state index contributed by atoms with van der Waals surface area (Å²) in [6, 6.07) is 9.09. The van der Waals surface area contributed by atoms with Crippen molar-refractivity contribution in [2.45, 2.75) is 20.0 Å². The van der Waals surface area contributed by atoms with Gasteiger partial charge in [0, 0.05) is 13.1 Å². The summed E-state index contributed by atoms with van der Waals surface area (Å²) in [6.07, 6.45) is 0.855. The highest BCUT2D eigenvalue weighted by molar-refractivity contribution is 5.86. The maximum absolute atomic E-state index is 11.0. The van der Waals surface area contributed by atoms with E-state index in [1.165, 1.54) is 6.07 Å². The highest BCUT2D eigenvalue weighted by Gasteiger charge is 2.11. The van der Waals surface area contributed by atoms with Crippen molar-refractivity contribution in [3.63, 3.8) is 0 Å². The second-order valence-corrected chi connectivity index (χ2v) is 4.36. The van der Waals surface area contributed by atoms with Crippen LogP contribution in [0.4, 0.5) is 5.82 Å². The third-order valence-electron chi connectivity index (χ3n) is 2.96. The van der Waals surface area contributed by atoms with E-state index in [1.54, 1.807) is 7.05 Å². The molecule has 6 nitrogen and oxygen atoms in total. The second kappa shape index (κ2) is 6.69. The predicted molar refractivity (Wildman–Crippen MR) is 78.7 cm³/mol. The van der Waals surface area contributed by atoms with Crippen LogP contribution >= 0.6 is 0 Å². The van der Waals surface area contributed by atoms with Gasteiger partial charge in [0.25, 0.3) is 0 Å². The number of anilines is 1. The molecule has 0 amide bonds. The number of rotatable bonds is 6. The van der Waals surface area contributed by atoms with E-state index >= 15 is 0 Å². The molecule has 0 aliphatic rings. The number of hydrogen-bond acceptors (Lipinski definition) is 5. The monoisotopic (exact) mass is 287 g/mol. The fourth-order valence-electron chi connectivity index (χ4n) is 1.88. The van der Waals surface area contributed by atoms with Gasteiger partial charge in [-0.3, -0.25) is 0 Å². The lowest BCUT2D eigenvalue weighted by atomic mass is 10.1. The number of benzene rings is 1. The zero-order valence-electron chi connectivity index (χ0n) is 12.0. The first-order chi connectivity index (χ1) is 10.1. The molecule has 0 atom stereocenters. The van der Waals surface area contributed by atoms with Crippen LogP contribution in [-0.2, 0) is 13.0 Å². The smallest absolute Gasteiger partial charge is 0.354 e. The van der Waals surface area contributed by atoms with Gasteiger partial charge in [-0.05, 0) is 18.1 Å². The van der Waals surface area contributed by atoms with Gasteiger partial charge in [-0.15, -0.1) is 0 Å². The lowest BCUT2D eigenvalue weighted by Gasteiger charge is -2.10. The van der Waals surface area contributed by atoms with E-state index in [1.807, 2.05) is 31.2 Å². The Morgan fingerprint density at radius 3 is 2.76 bits per heavy atom. The molecular formula is C15H17N3O3. The van der Waals surface area contributed by atoms with Crippen molar-refractivity contribution in [1.29, 1.82) is 0 Å². The van der Waals surface area contributed by atoms with Gasteiger partial charge >= 0.3 is 5.97 Å². The minimum atomic E-state index is -1.09. The van der Waals surface area contributed by atoms with Gasteiger partial charge < -0.3 is 15.2 Å². The van der Waals surface area contributed by atoms with Crippen LogP contribution in [0.2, 0.25) is 0 Å². The first kappa shape index (κ1) is 14.8. The topological polar surface area (TPSA) is 84.3 Å². The van der Waals surface area contributed by atoms with Crippen LogP contribution in [0.25, 0.3) is 0 Å². The van der Waals surface area contributed by atoms with E-state index < -0.39 is 5.97 Å². The molecule has 2 rings (SSSR count). The van der Waals surface area contributed by atoms with E-state index in [2.05, 4.69) is 15.3 Å². The standard InChI is InChI=1S/C15H17N3O3/c1-3-10-6-4-5-7-12(10)21-9-14-17-11(15(19)20)8-13(16-2)18-14/h4-8H,3,9H2,1-2H3,(H,19,20)(H,16,17,18). The molecule has 0 spiro atoms. The molecule has 1 heterocycles. The molecule has 0 saturated heterocycles. The summed E-state index contributed by atoms with van der Waals surface area (Å²) >= 11 is 0. The zero-order chi connectivity index (χ0) is 15.2. The maximum Gasteiger partial charge on any atom is 0.354 e. The predicted octanol–water partition coefficient (Wildman–Crippen LogP) is 2.36. The summed E-state index contributed by atoms with van der Waals surface area (Å²) in [4.78, 5) is 19.2. The van der Waals surface area contributed by atoms with Gasteiger partial charge in [-0.25, -0.2) is 14.8 Å². The summed E-state index contributed by atoms with van der Waals surface area (Å²) in [5, 5.41) is 11.9. The van der Waals surface area contributed by atoms with Crippen LogP contribution in [-0.4, -0.2) is 28.1 Å². The number of para-hydroxylation sites is 1. The third kappa shape index (κ3) is 3.68. The molecule has 1 aromatic heterocycles. The molecule has 1 aromatic carbocycles. The van der Waals surface area contributed by atoms with Gasteiger partial charge in [0.1, 0.15) is 18.2 Å². The summed E-state index contributed by atoms with van der Waals surface area (Å²) in [6.45, 7) is 2.16. The average Bonchev–Trinajstić information content (AvgIpc) is 2.52. The van der Waals surface area contributed by atoms with Gasteiger partial charge in [-0.1, -0.05) is 25.1 Å². The number of carbonyl (C=O) groups is 1. The Morgan fingerprint density at radius 2 is 2.10 bits per heavy atom. The van der Waals surface area contributed by atoms with Crippen molar-refractivity contribution in [1.82, 2.24) is 9.97 Å². The summed E-state index contributed by atoms with van der Waals surface area (Å²) in [7, 11) is 1.67. The van der Waals surface area contributed by atoms with Crippen molar-refractivity contribution in [2.75, 3.05) is 12.4 Å². The fourth-order valence-corrected chi connectivity index (χ4v) is 1.88. The summed E-state index contributed by atoms with van der Waals surface area (Å²) in [5.74, 6) is 0.439. The van der Waals surface area contributed by atoms with Gasteiger partial charge in [0.05, 0.1) is 0 Å². The molecule has 0 aliphatic heterocycles. The normalized spacial score (nSPS) is 10.2. The fraction of sp³-hybridized carbons (Fsp3) is 0.267. The van der Waals surface area contributed by atoms with Crippen LogP contribution in [0.1, 0.15) is 28.8 Å². The lowest BCUT2D eigenvalue weighted by molar-refractivity contribution is 0.0689. The zero-order valence-corrected chi connectivity index (χ0v) is 12.0. The molecule has 0 fully saturated rings. The maximum atomic E-state index is 11.0. The number of aryl methyl sites for hydroxylation is 1. The van der Waals surface area contributed by atoms with Gasteiger partial charge in [-0.2, -0.15) is 0 Å². The van der Waals surface area contributed by atoms with Crippen LogP contribution in [0.3, 0.4) is 0 Å². The Balaban J connectivity index is 2.19. The first-order valence-corrected chi connectivity index (χ1v) is 6.63. The molecule has 2 aromatic rings. The number of ether oxygens (including phenoxy) is 1. The molecule has 6 heteroatoms. The van der Waals surface area contributed by atoms with Crippen molar-refractivity contribution < 1.29 is 14.6 Å². The highest BCUT2D eigenvalue weighted by Crippen LogP contribution is 2.19. The number of aromatic carboxylic acids is 1. The number of aromatic nitrogens is 2. The molecule has 0 aliphatic carbocycles. The quantitative estimate of drug-likeness (QED) is 0.848. The molecule has 110 valence electrons.